The number of nitrogens with one attached hydrogen (secondary N) is 1. The summed E-state index contributed by atoms with van der Waals surface area (Å²) in [5.41, 5.74) is 0.784. The third-order valence-corrected chi connectivity index (χ3v) is 3.37. The molecule has 0 unspecified atom stereocenters. The highest BCUT2D eigenvalue weighted by molar-refractivity contribution is 6.29. The monoisotopic (exact) mass is 291 g/mol. The molecule has 1 heterocycles. The third-order valence-electron chi connectivity index (χ3n) is 3.08. The zero-order valence-corrected chi connectivity index (χ0v) is 12.6. The predicted octanol–water partition coefficient (Wildman–Crippen LogP) is 3.65. The van der Waals surface area contributed by atoms with E-state index in [0.29, 0.717) is 11.1 Å². The third kappa shape index (κ3) is 3.20. The van der Waals surface area contributed by atoms with Crippen molar-refractivity contribution < 1.29 is 0 Å². The number of nitrogens with zero attached hydrogens (tertiary/aromatic N) is 2. The Morgan fingerprint density at radius 1 is 1.20 bits per heavy atom. The topological polar surface area (TPSA) is 46.9 Å². The molecule has 0 bridgehead atoms. The van der Waals surface area contributed by atoms with Crippen molar-refractivity contribution in [3.63, 3.8) is 0 Å². The van der Waals surface area contributed by atoms with E-state index in [1.807, 2.05) is 55.7 Å². The van der Waals surface area contributed by atoms with Crippen molar-refractivity contribution in [1.82, 2.24) is 9.55 Å². The molecule has 2 rings (SSSR count). The Hall–Kier alpha value is -1.81. The molecule has 4 nitrogen and oxygen atoms in total. The van der Waals surface area contributed by atoms with Gasteiger partial charge in [0.15, 0.2) is 0 Å². The van der Waals surface area contributed by atoms with E-state index in [9.17, 15) is 4.79 Å². The molecule has 1 aromatic heterocycles. The van der Waals surface area contributed by atoms with Crippen LogP contribution in [0.2, 0.25) is 5.15 Å². The lowest BCUT2D eigenvalue weighted by atomic mass is 10.1. The first kappa shape index (κ1) is 14.6. The van der Waals surface area contributed by atoms with Crippen LogP contribution in [0.15, 0.2) is 41.2 Å². The molecule has 0 spiro atoms. The van der Waals surface area contributed by atoms with Gasteiger partial charge in [-0.3, -0.25) is 9.36 Å². The summed E-state index contributed by atoms with van der Waals surface area (Å²) in [6.45, 7) is 6.01. The van der Waals surface area contributed by atoms with Crippen LogP contribution in [-0.4, -0.2) is 9.55 Å². The molecule has 1 aromatic carbocycles. The minimum absolute atomic E-state index is 0.0339. The van der Waals surface area contributed by atoms with Crippen LogP contribution in [0.1, 0.15) is 38.4 Å². The van der Waals surface area contributed by atoms with Crippen LogP contribution in [0, 0.1) is 0 Å². The van der Waals surface area contributed by atoms with Gasteiger partial charge in [-0.25, -0.2) is 0 Å². The van der Waals surface area contributed by atoms with Gasteiger partial charge in [0.1, 0.15) is 5.15 Å². The van der Waals surface area contributed by atoms with Gasteiger partial charge in [-0.1, -0.05) is 41.9 Å². The van der Waals surface area contributed by atoms with E-state index in [1.165, 1.54) is 6.07 Å². The predicted molar refractivity (Wildman–Crippen MR) is 82.4 cm³/mol. The van der Waals surface area contributed by atoms with E-state index >= 15 is 0 Å². The molecule has 1 N–H and O–H groups in total. The number of anilines is 1. The van der Waals surface area contributed by atoms with Gasteiger partial charge >= 0.3 is 0 Å². The molecule has 0 fully saturated rings. The Balaban J connectivity index is 2.36. The van der Waals surface area contributed by atoms with Crippen LogP contribution < -0.4 is 10.9 Å². The van der Waals surface area contributed by atoms with E-state index in [2.05, 4.69) is 10.3 Å². The van der Waals surface area contributed by atoms with Crippen molar-refractivity contribution in [3.05, 3.63) is 57.5 Å². The van der Waals surface area contributed by atoms with Crippen molar-refractivity contribution in [2.24, 2.45) is 0 Å². The fourth-order valence-electron chi connectivity index (χ4n) is 2.07. The van der Waals surface area contributed by atoms with E-state index in [1.54, 1.807) is 0 Å². The number of benzene rings is 1. The van der Waals surface area contributed by atoms with Gasteiger partial charge in [0.05, 0.1) is 6.04 Å². The van der Waals surface area contributed by atoms with Crippen LogP contribution in [-0.2, 0) is 0 Å². The number of aromatic nitrogens is 2. The molecule has 20 heavy (non-hydrogen) atoms. The highest BCUT2D eigenvalue weighted by atomic mass is 35.5. The van der Waals surface area contributed by atoms with Crippen LogP contribution in [0.25, 0.3) is 0 Å². The van der Waals surface area contributed by atoms with E-state index in [4.69, 9.17) is 11.6 Å². The van der Waals surface area contributed by atoms with Gasteiger partial charge in [-0.15, -0.1) is 0 Å². The smallest absolute Gasteiger partial charge is 0.275 e. The summed E-state index contributed by atoms with van der Waals surface area (Å²) < 4.78 is 1.81. The average Bonchev–Trinajstić information content (AvgIpc) is 2.38. The second-order valence-corrected chi connectivity index (χ2v) is 5.37. The van der Waals surface area contributed by atoms with E-state index in [-0.39, 0.29) is 17.6 Å². The molecule has 0 aliphatic heterocycles. The molecule has 106 valence electrons. The molecule has 0 aliphatic carbocycles. The maximum absolute atomic E-state index is 11.6. The first-order valence-corrected chi connectivity index (χ1v) is 6.97. The summed E-state index contributed by atoms with van der Waals surface area (Å²) in [6, 6.07) is 11.5. The Labute approximate surface area is 123 Å². The quantitative estimate of drug-likeness (QED) is 0.875. The van der Waals surface area contributed by atoms with Crippen molar-refractivity contribution in [3.8, 4) is 0 Å². The zero-order valence-electron chi connectivity index (χ0n) is 11.8. The average molecular weight is 292 g/mol. The first-order chi connectivity index (χ1) is 9.49. The molecule has 0 amide bonds. The minimum atomic E-state index is -0.338. The van der Waals surface area contributed by atoms with Gasteiger partial charge in [-0.05, 0) is 26.3 Å². The van der Waals surface area contributed by atoms with Crippen molar-refractivity contribution in [2.45, 2.75) is 32.9 Å². The lowest BCUT2D eigenvalue weighted by Gasteiger charge is -2.22. The number of rotatable bonds is 4. The van der Waals surface area contributed by atoms with Crippen LogP contribution in [0.3, 0.4) is 0 Å². The Morgan fingerprint density at radius 3 is 2.45 bits per heavy atom. The maximum atomic E-state index is 11.6. The molecule has 0 saturated carbocycles. The van der Waals surface area contributed by atoms with Crippen LogP contribution in [0.5, 0.6) is 0 Å². The summed E-state index contributed by atoms with van der Waals surface area (Å²) in [5, 5.41) is 3.65. The molecule has 5 heteroatoms. The summed E-state index contributed by atoms with van der Waals surface area (Å²) >= 11 is 6.14. The molecular formula is C15H18ClN3O. The van der Waals surface area contributed by atoms with Crippen LogP contribution >= 0.6 is 11.6 Å². The first-order valence-electron chi connectivity index (χ1n) is 6.59. The van der Waals surface area contributed by atoms with Gasteiger partial charge in [0, 0.05) is 12.1 Å². The molecule has 0 aliphatic rings. The standard InChI is InChI=1S/C15H18ClN3O/c1-10(2)19-13(16)9-14(20)18-15(19)17-11(3)12-7-5-4-6-8-12/h4-11H,1-3H3,(H,17,18,20)/t11-/m0/s1. The van der Waals surface area contributed by atoms with Gasteiger partial charge in [0.25, 0.3) is 5.56 Å². The second-order valence-electron chi connectivity index (χ2n) is 4.98. The maximum Gasteiger partial charge on any atom is 0.275 e. The number of hydrogen-bond donors (Lipinski definition) is 1. The number of halogens is 1. The molecule has 0 saturated heterocycles. The molecule has 0 radical (unpaired) electrons. The van der Waals surface area contributed by atoms with Gasteiger partial charge in [-0.2, -0.15) is 4.98 Å². The SMILES string of the molecule is CC(C)n1c(Cl)cc(=O)nc1N[C@@H](C)c1ccccc1. The Kier molecular flexibility index (Phi) is 4.45. The largest absolute Gasteiger partial charge is 0.349 e. The molecule has 2 aromatic rings. The normalized spacial score (nSPS) is 12.4. The summed E-state index contributed by atoms with van der Waals surface area (Å²) in [4.78, 5) is 15.6. The van der Waals surface area contributed by atoms with Crippen molar-refractivity contribution >= 4 is 17.5 Å². The molecular weight excluding hydrogens is 274 g/mol. The van der Waals surface area contributed by atoms with Gasteiger partial charge < -0.3 is 5.32 Å². The van der Waals surface area contributed by atoms with Crippen molar-refractivity contribution in [1.29, 1.82) is 0 Å². The fraction of sp³-hybridized carbons (Fsp3) is 0.333. The minimum Gasteiger partial charge on any atom is -0.349 e. The summed E-state index contributed by atoms with van der Waals surface area (Å²) in [7, 11) is 0. The Morgan fingerprint density at radius 2 is 1.85 bits per heavy atom. The van der Waals surface area contributed by atoms with Crippen molar-refractivity contribution in [2.75, 3.05) is 5.32 Å². The van der Waals surface area contributed by atoms with Crippen LogP contribution in [0.4, 0.5) is 5.95 Å². The molecule has 1 atom stereocenters. The summed E-state index contributed by atoms with van der Waals surface area (Å²) in [6.07, 6.45) is 0. The summed E-state index contributed by atoms with van der Waals surface area (Å²) in [5.74, 6) is 0.494. The zero-order chi connectivity index (χ0) is 14.7. The number of hydrogen-bond acceptors (Lipinski definition) is 3. The highest BCUT2D eigenvalue weighted by Gasteiger charge is 2.14. The Bertz CT molecular complexity index is 637. The second kappa shape index (κ2) is 6.09. The van der Waals surface area contributed by atoms with E-state index in [0.717, 1.165) is 5.56 Å². The van der Waals surface area contributed by atoms with E-state index < -0.39 is 0 Å². The highest BCUT2D eigenvalue weighted by Crippen LogP contribution is 2.22. The lowest BCUT2D eigenvalue weighted by molar-refractivity contribution is 0.586. The lowest BCUT2D eigenvalue weighted by Crippen LogP contribution is -2.21. The van der Waals surface area contributed by atoms with Gasteiger partial charge in [0.2, 0.25) is 5.95 Å². The fourth-order valence-corrected chi connectivity index (χ4v) is 2.44.